The van der Waals surface area contributed by atoms with E-state index in [9.17, 15) is 4.79 Å². The molecule has 5 nitrogen and oxygen atoms in total. The highest BCUT2D eigenvalue weighted by atomic mass is 16.5. The van der Waals surface area contributed by atoms with E-state index in [0.29, 0.717) is 0 Å². The zero-order valence-electron chi connectivity index (χ0n) is 17.8. The fraction of sp³-hybridized carbons (Fsp3) is 0.240. The van der Waals surface area contributed by atoms with Gasteiger partial charge in [0.1, 0.15) is 0 Å². The van der Waals surface area contributed by atoms with Crippen LogP contribution in [0.1, 0.15) is 30.5 Å². The van der Waals surface area contributed by atoms with Crippen molar-refractivity contribution in [1.82, 2.24) is 15.4 Å². The molecule has 0 saturated carbocycles. The van der Waals surface area contributed by atoms with Crippen LogP contribution >= 0.6 is 0 Å². The van der Waals surface area contributed by atoms with Crippen LogP contribution in [0.2, 0.25) is 0 Å². The maximum Gasteiger partial charge on any atom is 0.267 e. The summed E-state index contributed by atoms with van der Waals surface area (Å²) in [5.74, 6) is -0.534. The van der Waals surface area contributed by atoms with Crippen molar-refractivity contribution in [3.05, 3.63) is 90.1 Å². The summed E-state index contributed by atoms with van der Waals surface area (Å²) in [6.07, 6.45) is 7.72. The lowest BCUT2D eigenvalue weighted by Crippen LogP contribution is -2.25. The molecule has 3 aromatic rings. The average molecular weight is 406 g/mol. The number of fused-ring (bicyclic) bond motifs is 1. The molecule has 1 amide bonds. The molecule has 1 heterocycles. The minimum absolute atomic E-state index is 0.534. The molecule has 30 heavy (non-hydrogen) atoms. The first-order chi connectivity index (χ1) is 14.6. The minimum atomic E-state index is -0.534. The maximum absolute atomic E-state index is 11.0. The summed E-state index contributed by atoms with van der Waals surface area (Å²) in [6.45, 7) is 10.3. The number of allylic oxidation sites excluding steroid dienone is 1. The number of nitrogens with one attached hydrogen (secondary N) is 2. The highest BCUT2D eigenvalue weighted by molar-refractivity contribution is 5.90. The van der Waals surface area contributed by atoms with E-state index in [4.69, 9.17) is 5.21 Å². The van der Waals surface area contributed by atoms with Crippen LogP contribution in [0.5, 0.6) is 0 Å². The number of carbonyl (C=O) groups is 1. The number of H-pyrrole nitrogens is 1. The topological polar surface area (TPSA) is 68.4 Å². The Morgan fingerprint density at radius 3 is 2.60 bits per heavy atom. The quantitative estimate of drug-likeness (QED) is 0.215. The molecule has 0 aliphatic carbocycles. The average Bonchev–Trinajstić information content (AvgIpc) is 3.26. The molecule has 0 aliphatic heterocycles. The first-order valence-electron chi connectivity index (χ1n) is 10.2. The van der Waals surface area contributed by atoms with Crippen molar-refractivity contribution in [3.63, 3.8) is 0 Å². The second-order valence-electron chi connectivity index (χ2n) is 6.94. The summed E-state index contributed by atoms with van der Waals surface area (Å²) >= 11 is 0. The van der Waals surface area contributed by atoms with Crippen LogP contribution in [0.4, 0.5) is 0 Å². The van der Waals surface area contributed by atoms with E-state index in [1.165, 1.54) is 28.1 Å². The van der Waals surface area contributed by atoms with Crippen LogP contribution in [0.25, 0.3) is 17.0 Å². The van der Waals surface area contributed by atoms with Gasteiger partial charge in [0.25, 0.3) is 5.91 Å². The third-order valence-electron chi connectivity index (χ3n) is 4.74. The van der Waals surface area contributed by atoms with Crippen molar-refractivity contribution >= 4 is 22.9 Å². The Balaban J connectivity index is 0.00000101. The molecule has 1 aromatic heterocycles. The smallest absolute Gasteiger partial charge is 0.267 e. The molecular weight excluding hydrogens is 374 g/mol. The van der Waals surface area contributed by atoms with Crippen molar-refractivity contribution in [3.8, 4) is 0 Å². The van der Waals surface area contributed by atoms with Gasteiger partial charge >= 0.3 is 0 Å². The number of rotatable bonds is 8. The van der Waals surface area contributed by atoms with Gasteiger partial charge < -0.3 is 4.98 Å². The Kier molecular flexibility index (Phi) is 9.58. The second-order valence-corrected chi connectivity index (χ2v) is 6.94. The zero-order valence-corrected chi connectivity index (χ0v) is 17.8. The molecule has 3 N–H and O–H groups in total. The molecule has 0 fully saturated rings. The van der Waals surface area contributed by atoms with Gasteiger partial charge in [0.2, 0.25) is 0 Å². The van der Waals surface area contributed by atoms with E-state index in [2.05, 4.69) is 59.8 Å². The largest absolute Gasteiger partial charge is 0.361 e. The molecule has 0 radical (unpaired) electrons. The van der Waals surface area contributed by atoms with E-state index >= 15 is 0 Å². The van der Waals surface area contributed by atoms with Crippen LogP contribution in [-0.2, 0) is 17.8 Å². The van der Waals surface area contributed by atoms with Crippen molar-refractivity contribution in [2.75, 3.05) is 13.1 Å². The van der Waals surface area contributed by atoms with Crippen LogP contribution in [0.15, 0.2) is 73.5 Å². The number of aromatic nitrogens is 1. The first kappa shape index (κ1) is 23.1. The second kappa shape index (κ2) is 12.4. The van der Waals surface area contributed by atoms with Crippen molar-refractivity contribution in [1.29, 1.82) is 0 Å². The molecule has 0 aliphatic rings. The Hall–Kier alpha value is -3.15. The van der Waals surface area contributed by atoms with Crippen LogP contribution < -0.4 is 5.48 Å². The third kappa shape index (κ3) is 7.03. The van der Waals surface area contributed by atoms with Crippen molar-refractivity contribution in [2.24, 2.45) is 0 Å². The lowest BCUT2D eigenvalue weighted by molar-refractivity contribution is -0.124. The predicted molar refractivity (Wildman–Crippen MR) is 124 cm³/mol. The van der Waals surface area contributed by atoms with E-state index in [-0.39, 0.29) is 0 Å². The highest BCUT2D eigenvalue weighted by Crippen LogP contribution is 2.18. The summed E-state index contributed by atoms with van der Waals surface area (Å²) < 4.78 is 0. The van der Waals surface area contributed by atoms with Gasteiger partial charge in [-0.05, 0) is 54.1 Å². The number of benzene rings is 2. The van der Waals surface area contributed by atoms with Gasteiger partial charge in [-0.25, -0.2) is 5.48 Å². The van der Waals surface area contributed by atoms with E-state index in [1.54, 1.807) is 17.6 Å². The molecule has 0 atom stereocenters. The zero-order chi connectivity index (χ0) is 21.8. The summed E-state index contributed by atoms with van der Waals surface area (Å²) in [5.41, 5.74) is 6.32. The molecule has 3 rings (SSSR count). The van der Waals surface area contributed by atoms with Gasteiger partial charge in [0, 0.05) is 30.9 Å². The Morgan fingerprint density at radius 1 is 1.20 bits per heavy atom. The van der Waals surface area contributed by atoms with Crippen molar-refractivity contribution in [2.45, 2.75) is 26.8 Å². The lowest BCUT2D eigenvalue weighted by Gasteiger charge is -2.20. The Bertz CT molecular complexity index is 958. The molecule has 158 valence electrons. The number of amides is 1. The van der Waals surface area contributed by atoms with Gasteiger partial charge in [0.15, 0.2) is 0 Å². The normalized spacial score (nSPS) is 10.8. The van der Waals surface area contributed by atoms with E-state index in [1.807, 2.05) is 25.3 Å². The van der Waals surface area contributed by atoms with Gasteiger partial charge in [-0.15, -0.1) is 6.58 Å². The standard InChI is InChI=1S/C22H25N3O2.C3H6/c1-2-25(15-13-20-5-3-4-19-12-14-23-22(19)20)16-18-8-6-17(7-9-18)10-11-21(26)24-27;1-3-2/h3-12,14,23,27H,2,13,15-16H2,1H3,(H,24,26);3H,1H2,2H3/b11-10+;. The number of hydrogen-bond acceptors (Lipinski definition) is 3. The van der Waals surface area contributed by atoms with Crippen molar-refractivity contribution < 1.29 is 10.0 Å². The molecule has 0 unspecified atom stereocenters. The first-order valence-corrected chi connectivity index (χ1v) is 10.2. The molecular formula is C25H31N3O2. The van der Waals surface area contributed by atoms with E-state index < -0.39 is 5.91 Å². The number of aromatic amines is 1. The number of hydroxylamine groups is 1. The number of para-hydroxylation sites is 1. The molecule has 0 bridgehead atoms. The van der Waals surface area contributed by atoms with Gasteiger partial charge in [-0.3, -0.25) is 14.9 Å². The fourth-order valence-electron chi connectivity index (χ4n) is 3.19. The number of carbonyl (C=O) groups excluding carboxylic acids is 1. The van der Waals surface area contributed by atoms with Gasteiger partial charge in [-0.2, -0.15) is 0 Å². The summed E-state index contributed by atoms with van der Waals surface area (Å²) in [7, 11) is 0. The van der Waals surface area contributed by atoms with Crippen LogP contribution in [0, 0.1) is 0 Å². The molecule has 2 aromatic carbocycles. The summed E-state index contributed by atoms with van der Waals surface area (Å²) in [4.78, 5) is 16.8. The predicted octanol–water partition coefficient (Wildman–Crippen LogP) is 4.94. The lowest BCUT2D eigenvalue weighted by atomic mass is 10.1. The minimum Gasteiger partial charge on any atom is -0.361 e. The Labute approximate surface area is 178 Å². The summed E-state index contributed by atoms with van der Waals surface area (Å²) in [6, 6.07) is 16.6. The highest BCUT2D eigenvalue weighted by Gasteiger charge is 2.07. The maximum atomic E-state index is 11.0. The SMILES string of the molecule is C=CC.CCN(CCc1cccc2cc[nH]c12)Cc1ccc(/C=C/C(=O)NO)cc1. The number of likely N-dealkylation sites (N-methyl/N-ethyl adjacent to an activating group) is 1. The summed E-state index contributed by atoms with van der Waals surface area (Å²) in [5, 5.41) is 9.76. The molecule has 5 heteroatoms. The monoisotopic (exact) mass is 405 g/mol. The number of nitrogens with zero attached hydrogens (tertiary/aromatic N) is 1. The fourth-order valence-corrected chi connectivity index (χ4v) is 3.19. The third-order valence-corrected chi connectivity index (χ3v) is 4.74. The van der Waals surface area contributed by atoms with Crippen LogP contribution in [-0.4, -0.2) is 34.1 Å². The van der Waals surface area contributed by atoms with Crippen LogP contribution in [0.3, 0.4) is 0 Å². The molecule has 0 saturated heterocycles. The van der Waals surface area contributed by atoms with Gasteiger partial charge in [-0.1, -0.05) is 55.5 Å². The van der Waals surface area contributed by atoms with E-state index in [0.717, 1.165) is 31.6 Å². The molecule has 0 spiro atoms. The Morgan fingerprint density at radius 2 is 1.93 bits per heavy atom. The van der Waals surface area contributed by atoms with Gasteiger partial charge in [0.05, 0.1) is 0 Å². The number of hydrogen-bond donors (Lipinski definition) is 3.